The van der Waals surface area contributed by atoms with Crippen LogP contribution in [0.15, 0.2) is 66.9 Å². The zero-order valence-corrected chi connectivity index (χ0v) is 24.5. The van der Waals surface area contributed by atoms with Crippen LogP contribution in [0.25, 0.3) is 10.8 Å². The predicted octanol–water partition coefficient (Wildman–Crippen LogP) is 5.16. The number of rotatable bonds is 7. The van der Waals surface area contributed by atoms with Crippen molar-refractivity contribution in [1.29, 1.82) is 0 Å². The highest BCUT2D eigenvalue weighted by Gasteiger charge is 2.34. The van der Waals surface area contributed by atoms with Crippen LogP contribution in [0.1, 0.15) is 42.7 Å². The number of aromatic nitrogens is 1. The van der Waals surface area contributed by atoms with Gasteiger partial charge in [0.05, 0.1) is 6.04 Å². The third-order valence-electron chi connectivity index (χ3n) is 8.18. The Kier molecular flexibility index (Phi) is 9.31. The van der Waals surface area contributed by atoms with Gasteiger partial charge in [-0.15, -0.1) is 0 Å². The number of piperidine rings is 2. The molecular weight excluding hydrogens is 512 g/mol. The highest BCUT2D eigenvalue weighted by molar-refractivity contribution is 6.03. The normalized spacial score (nSPS) is 18.2. The summed E-state index contributed by atoms with van der Waals surface area (Å²) in [7, 11) is 3.94. The lowest BCUT2D eigenvalue weighted by atomic mass is 9.89. The van der Waals surface area contributed by atoms with Crippen molar-refractivity contribution >= 4 is 34.2 Å². The van der Waals surface area contributed by atoms with Crippen molar-refractivity contribution in [3.8, 4) is 0 Å². The van der Waals surface area contributed by atoms with Gasteiger partial charge in [-0.25, -0.2) is 9.78 Å². The molecule has 0 bridgehead atoms. The molecule has 3 aromatic rings. The second kappa shape index (κ2) is 13.3. The Morgan fingerprint density at radius 3 is 2.66 bits per heavy atom. The molecule has 2 saturated heterocycles. The Bertz CT molecular complexity index is 1380. The zero-order valence-electron chi connectivity index (χ0n) is 24.5. The summed E-state index contributed by atoms with van der Waals surface area (Å²) in [6, 6.07) is 16.5. The standard InChI is InChI=1S/C33H42N6O2/c1-24-8-4-9-26-14-18-35-32(31(24)26)39(29-12-6-17-34-23-29)33(41)38-20-15-25(16-21-38)27-10-5-11-28(22-27)36-30(40)13-7-19-37(2)3/h4-5,7-11,13-14,18,22,25,29,34H,6,12,15-17,19-21,23H2,1-3H3,(H,36,40)/t29-/m1/s1. The van der Waals surface area contributed by atoms with Gasteiger partial charge >= 0.3 is 6.03 Å². The van der Waals surface area contributed by atoms with Crippen molar-refractivity contribution in [2.45, 2.75) is 44.6 Å². The van der Waals surface area contributed by atoms with Gasteiger partial charge in [0.15, 0.2) is 0 Å². The number of nitrogens with one attached hydrogen (secondary N) is 2. The van der Waals surface area contributed by atoms with E-state index in [0.717, 1.165) is 73.2 Å². The van der Waals surface area contributed by atoms with Gasteiger partial charge in [0.25, 0.3) is 0 Å². The predicted molar refractivity (Wildman–Crippen MR) is 167 cm³/mol. The van der Waals surface area contributed by atoms with E-state index in [2.05, 4.69) is 47.9 Å². The first-order chi connectivity index (χ1) is 19.9. The summed E-state index contributed by atoms with van der Waals surface area (Å²) in [5.74, 6) is 0.978. The summed E-state index contributed by atoms with van der Waals surface area (Å²) in [6.45, 7) is 5.95. The van der Waals surface area contributed by atoms with Crippen LogP contribution in [0.5, 0.6) is 0 Å². The number of likely N-dealkylation sites (tertiary alicyclic amines) is 1. The number of anilines is 2. The molecule has 2 aliphatic heterocycles. The fourth-order valence-corrected chi connectivity index (χ4v) is 6.03. The minimum absolute atomic E-state index is 0.0472. The third kappa shape index (κ3) is 6.94. The largest absolute Gasteiger partial charge is 0.325 e. The van der Waals surface area contributed by atoms with Crippen molar-refractivity contribution in [3.63, 3.8) is 0 Å². The van der Waals surface area contributed by atoms with E-state index in [4.69, 9.17) is 4.98 Å². The van der Waals surface area contributed by atoms with Crippen LogP contribution in [-0.4, -0.2) is 79.6 Å². The average molecular weight is 555 g/mol. The molecule has 0 radical (unpaired) electrons. The molecule has 1 aromatic heterocycles. The number of carbonyl (C=O) groups is 2. The lowest BCUT2D eigenvalue weighted by molar-refractivity contribution is -0.111. The van der Waals surface area contributed by atoms with Crippen molar-refractivity contribution in [3.05, 3.63) is 78.0 Å². The number of carbonyl (C=O) groups excluding carboxylic acids is 2. The fourth-order valence-electron chi connectivity index (χ4n) is 6.03. The molecule has 3 amide bonds. The van der Waals surface area contributed by atoms with Gasteiger partial charge in [0.1, 0.15) is 5.82 Å². The summed E-state index contributed by atoms with van der Waals surface area (Å²) in [5.41, 5.74) is 3.13. The SMILES string of the molecule is Cc1cccc2ccnc(N(C(=O)N3CCC(c4cccc(NC(=O)C=CCN(C)C)c4)CC3)[C@@H]3CCCNC3)c12. The van der Waals surface area contributed by atoms with Gasteiger partial charge in [-0.2, -0.15) is 0 Å². The number of hydrogen-bond acceptors (Lipinski definition) is 5. The Morgan fingerprint density at radius 1 is 1.10 bits per heavy atom. The maximum Gasteiger partial charge on any atom is 0.325 e. The number of benzene rings is 2. The van der Waals surface area contributed by atoms with E-state index >= 15 is 0 Å². The summed E-state index contributed by atoms with van der Waals surface area (Å²) in [5, 5.41) is 8.64. The Labute approximate surface area is 243 Å². The lowest BCUT2D eigenvalue weighted by Crippen LogP contribution is -2.55. The molecule has 41 heavy (non-hydrogen) atoms. The van der Waals surface area contributed by atoms with Crippen LogP contribution in [0.3, 0.4) is 0 Å². The molecule has 2 fully saturated rings. The van der Waals surface area contributed by atoms with E-state index in [1.54, 1.807) is 6.08 Å². The summed E-state index contributed by atoms with van der Waals surface area (Å²) >= 11 is 0. The zero-order chi connectivity index (χ0) is 28.8. The first-order valence-electron chi connectivity index (χ1n) is 14.8. The van der Waals surface area contributed by atoms with Crippen molar-refractivity contribution < 1.29 is 9.59 Å². The van der Waals surface area contributed by atoms with Crippen LogP contribution in [0, 0.1) is 6.92 Å². The van der Waals surface area contributed by atoms with Crippen LogP contribution < -0.4 is 15.5 Å². The molecule has 8 nitrogen and oxygen atoms in total. The van der Waals surface area contributed by atoms with Crippen molar-refractivity contribution in [2.24, 2.45) is 0 Å². The molecule has 0 aliphatic carbocycles. The minimum atomic E-state index is -0.126. The Morgan fingerprint density at radius 2 is 1.90 bits per heavy atom. The van der Waals surface area contributed by atoms with E-state index in [1.165, 1.54) is 5.56 Å². The molecule has 3 heterocycles. The quantitative estimate of drug-likeness (QED) is 0.395. The second-order valence-electron chi connectivity index (χ2n) is 11.5. The molecule has 0 spiro atoms. The van der Waals surface area contributed by atoms with Gasteiger partial charge in [-0.3, -0.25) is 9.69 Å². The molecule has 2 N–H and O–H groups in total. The molecule has 2 aliphatic rings. The van der Waals surface area contributed by atoms with Crippen molar-refractivity contribution in [1.82, 2.24) is 20.1 Å². The molecule has 0 saturated carbocycles. The smallest absolute Gasteiger partial charge is 0.324 e. The van der Waals surface area contributed by atoms with Crippen molar-refractivity contribution in [2.75, 3.05) is 57.0 Å². The van der Waals surface area contributed by atoms with Crippen LogP contribution in [0.4, 0.5) is 16.3 Å². The highest BCUT2D eigenvalue weighted by atomic mass is 16.2. The Hall–Kier alpha value is -3.75. The Balaban J connectivity index is 1.29. The fraction of sp³-hybridized carbons (Fsp3) is 0.424. The number of likely N-dealkylation sites (N-methyl/N-ethyl adjacent to an activating group) is 1. The number of urea groups is 1. The minimum Gasteiger partial charge on any atom is -0.324 e. The van der Waals surface area contributed by atoms with Gasteiger partial charge in [0, 0.05) is 49.5 Å². The molecule has 5 rings (SSSR count). The molecule has 216 valence electrons. The number of hydrogen-bond donors (Lipinski definition) is 2. The monoisotopic (exact) mass is 554 g/mol. The topological polar surface area (TPSA) is 80.8 Å². The van der Waals surface area contributed by atoms with Gasteiger partial charge in [-0.05, 0) is 93.9 Å². The van der Waals surface area contributed by atoms with Crippen LogP contribution in [-0.2, 0) is 4.79 Å². The number of amides is 3. The summed E-state index contributed by atoms with van der Waals surface area (Å²) < 4.78 is 0. The van der Waals surface area contributed by atoms with Crippen LogP contribution in [0.2, 0.25) is 0 Å². The number of aryl methyl sites for hydroxylation is 1. The molecule has 8 heteroatoms. The lowest BCUT2D eigenvalue weighted by Gasteiger charge is -2.40. The number of nitrogens with zero attached hydrogens (tertiary/aromatic N) is 4. The van der Waals surface area contributed by atoms with E-state index in [-0.39, 0.29) is 18.0 Å². The molecule has 1 atom stereocenters. The maximum absolute atomic E-state index is 14.2. The molecule has 2 aromatic carbocycles. The van der Waals surface area contributed by atoms with Crippen LogP contribution >= 0.6 is 0 Å². The number of pyridine rings is 1. The summed E-state index contributed by atoms with van der Waals surface area (Å²) in [6.07, 6.45) is 9.02. The molecular formula is C33H42N6O2. The third-order valence-corrected chi connectivity index (χ3v) is 8.18. The molecule has 0 unspecified atom stereocenters. The maximum atomic E-state index is 14.2. The second-order valence-corrected chi connectivity index (χ2v) is 11.5. The van der Waals surface area contributed by atoms with E-state index in [0.29, 0.717) is 19.0 Å². The summed E-state index contributed by atoms with van der Waals surface area (Å²) in [4.78, 5) is 37.3. The number of fused-ring (bicyclic) bond motifs is 1. The van der Waals surface area contributed by atoms with Gasteiger partial charge in [-0.1, -0.05) is 36.4 Å². The van der Waals surface area contributed by atoms with E-state index < -0.39 is 0 Å². The highest BCUT2D eigenvalue weighted by Crippen LogP contribution is 2.34. The average Bonchev–Trinajstić information content (AvgIpc) is 2.98. The van der Waals surface area contributed by atoms with E-state index in [9.17, 15) is 9.59 Å². The van der Waals surface area contributed by atoms with Gasteiger partial charge < -0.3 is 20.4 Å². The first-order valence-corrected chi connectivity index (χ1v) is 14.8. The van der Waals surface area contributed by atoms with Gasteiger partial charge in [0.2, 0.25) is 5.91 Å². The first kappa shape index (κ1) is 28.8. The van der Waals surface area contributed by atoms with E-state index in [1.807, 2.05) is 59.3 Å².